The van der Waals surface area contributed by atoms with Crippen LogP contribution >= 0.6 is 34.4 Å². The highest BCUT2D eigenvalue weighted by molar-refractivity contribution is 7.99. The van der Waals surface area contributed by atoms with Crippen LogP contribution in [-0.2, 0) is 18.3 Å². The van der Waals surface area contributed by atoms with E-state index in [2.05, 4.69) is 26.6 Å². The van der Waals surface area contributed by atoms with Crippen LogP contribution in [0, 0.1) is 0 Å². The number of nitrogens with zero attached hydrogens (tertiary/aromatic N) is 4. The molecular weight excluding hydrogens is 438 g/mol. The highest BCUT2D eigenvalue weighted by Gasteiger charge is 2.13. The molecule has 1 aromatic carbocycles. The van der Waals surface area contributed by atoms with Gasteiger partial charge < -0.3 is 14.6 Å². The van der Waals surface area contributed by atoms with Crippen molar-refractivity contribution >= 4 is 45.5 Å². The fourth-order valence-electron chi connectivity index (χ4n) is 2.70. The number of thioether (sulfide) groups is 1. The van der Waals surface area contributed by atoms with Crippen molar-refractivity contribution < 1.29 is 9.53 Å². The molecule has 1 amide bonds. The SMILES string of the molecule is COc1ccc(-c2csc(NC(=O)CSc3nnc(Cc4cccs4)n3C)n2)cc1. The highest BCUT2D eigenvalue weighted by Crippen LogP contribution is 2.27. The van der Waals surface area contributed by atoms with E-state index in [1.165, 1.54) is 28.0 Å². The molecule has 3 heterocycles. The van der Waals surface area contributed by atoms with Crippen molar-refractivity contribution in [2.24, 2.45) is 7.05 Å². The zero-order chi connectivity index (χ0) is 20.9. The maximum atomic E-state index is 12.4. The van der Waals surface area contributed by atoms with E-state index in [9.17, 15) is 4.79 Å². The first-order valence-corrected chi connectivity index (χ1v) is 11.8. The topological polar surface area (TPSA) is 81.9 Å². The quantitative estimate of drug-likeness (QED) is 0.397. The first-order valence-electron chi connectivity index (χ1n) is 9.05. The van der Waals surface area contributed by atoms with Crippen molar-refractivity contribution in [1.29, 1.82) is 0 Å². The van der Waals surface area contributed by atoms with E-state index in [-0.39, 0.29) is 11.7 Å². The number of hydrogen-bond donors (Lipinski definition) is 1. The number of nitrogens with one attached hydrogen (secondary N) is 1. The molecule has 0 unspecified atom stereocenters. The Morgan fingerprint density at radius 3 is 2.77 bits per heavy atom. The van der Waals surface area contributed by atoms with E-state index in [1.54, 1.807) is 18.4 Å². The van der Waals surface area contributed by atoms with Crippen molar-refractivity contribution in [1.82, 2.24) is 19.7 Å². The van der Waals surface area contributed by atoms with Gasteiger partial charge in [0.1, 0.15) is 11.6 Å². The molecule has 0 aliphatic rings. The van der Waals surface area contributed by atoms with Crippen LogP contribution in [0.15, 0.2) is 52.3 Å². The lowest BCUT2D eigenvalue weighted by Gasteiger charge is -2.03. The van der Waals surface area contributed by atoms with Gasteiger partial charge in [-0.05, 0) is 35.7 Å². The third-order valence-electron chi connectivity index (χ3n) is 4.31. The third kappa shape index (κ3) is 4.89. The van der Waals surface area contributed by atoms with Gasteiger partial charge in [-0.3, -0.25) is 4.79 Å². The standard InChI is InChI=1S/C20H19N5O2S3/c1-25-17(10-15-4-3-9-28-15)23-24-20(25)30-12-18(26)22-19-21-16(11-29-19)13-5-7-14(27-2)8-6-13/h3-9,11H,10,12H2,1-2H3,(H,21,22,26). The van der Waals surface area contributed by atoms with E-state index in [1.807, 2.05) is 52.7 Å². The van der Waals surface area contributed by atoms with Gasteiger partial charge in [0.2, 0.25) is 5.91 Å². The number of thiophene rings is 1. The zero-order valence-electron chi connectivity index (χ0n) is 16.4. The summed E-state index contributed by atoms with van der Waals surface area (Å²) in [4.78, 5) is 18.1. The summed E-state index contributed by atoms with van der Waals surface area (Å²) in [5, 5.41) is 16.6. The Morgan fingerprint density at radius 2 is 2.03 bits per heavy atom. The molecule has 0 atom stereocenters. The maximum Gasteiger partial charge on any atom is 0.236 e. The minimum absolute atomic E-state index is 0.126. The molecule has 0 bridgehead atoms. The molecule has 0 aliphatic carbocycles. The number of aromatic nitrogens is 4. The van der Waals surface area contributed by atoms with Crippen LogP contribution in [0.2, 0.25) is 0 Å². The molecule has 4 rings (SSSR count). The molecule has 7 nitrogen and oxygen atoms in total. The second-order valence-corrected chi connectivity index (χ2v) is 9.15. The van der Waals surface area contributed by atoms with Gasteiger partial charge in [0.15, 0.2) is 10.3 Å². The van der Waals surface area contributed by atoms with Crippen molar-refractivity contribution in [2.45, 2.75) is 11.6 Å². The number of rotatable bonds is 8. The van der Waals surface area contributed by atoms with Crippen LogP contribution < -0.4 is 10.1 Å². The van der Waals surface area contributed by atoms with Crippen molar-refractivity contribution in [2.75, 3.05) is 18.2 Å². The Labute approximate surface area is 186 Å². The van der Waals surface area contributed by atoms with Crippen LogP contribution in [0.1, 0.15) is 10.7 Å². The van der Waals surface area contributed by atoms with Crippen LogP contribution in [-0.4, -0.2) is 38.5 Å². The maximum absolute atomic E-state index is 12.4. The average molecular weight is 458 g/mol. The Balaban J connectivity index is 1.32. The van der Waals surface area contributed by atoms with Gasteiger partial charge in [-0.25, -0.2) is 4.98 Å². The van der Waals surface area contributed by atoms with Crippen LogP contribution in [0.5, 0.6) is 5.75 Å². The molecule has 0 fully saturated rings. The van der Waals surface area contributed by atoms with Crippen molar-refractivity contribution in [3.8, 4) is 17.0 Å². The number of carbonyl (C=O) groups is 1. The van der Waals surface area contributed by atoms with Crippen LogP contribution in [0.3, 0.4) is 0 Å². The van der Waals surface area contributed by atoms with Gasteiger partial charge in [0.05, 0.1) is 18.6 Å². The number of amides is 1. The normalized spacial score (nSPS) is 10.9. The highest BCUT2D eigenvalue weighted by atomic mass is 32.2. The van der Waals surface area contributed by atoms with Gasteiger partial charge in [-0.2, -0.15) is 0 Å². The van der Waals surface area contributed by atoms with E-state index in [0.717, 1.165) is 34.4 Å². The summed E-state index contributed by atoms with van der Waals surface area (Å²) in [6.07, 6.45) is 0.737. The Bertz CT molecular complexity index is 1120. The lowest BCUT2D eigenvalue weighted by atomic mass is 10.2. The molecule has 0 aliphatic heterocycles. The summed E-state index contributed by atoms with van der Waals surface area (Å²) in [5.41, 5.74) is 1.79. The predicted octanol–water partition coefficient (Wildman–Crippen LogP) is 4.33. The number of hydrogen-bond acceptors (Lipinski definition) is 8. The third-order valence-corrected chi connectivity index (χ3v) is 6.96. The summed E-state index contributed by atoms with van der Waals surface area (Å²) >= 11 is 4.45. The van der Waals surface area contributed by atoms with Gasteiger partial charge in [0, 0.05) is 29.3 Å². The lowest BCUT2D eigenvalue weighted by Crippen LogP contribution is -2.14. The second-order valence-electron chi connectivity index (χ2n) is 6.32. The first kappa shape index (κ1) is 20.6. The number of carbonyl (C=O) groups excluding carboxylic acids is 1. The molecule has 154 valence electrons. The number of ether oxygens (including phenoxy) is 1. The number of methoxy groups -OCH3 is 1. The monoisotopic (exact) mass is 457 g/mol. The van der Waals surface area contributed by atoms with E-state index >= 15 is 0 Å². The van der Waals surface area contributed by atoms with Gasteiger partial charge in [0.25, 0.3) is 0 Å². The molecular formula is C20H19N5O2S3. The van der Waals surface area contributed by atoms with Crippen molar-refractivity contribution in [3.63, 3.8) is 0 Å². The molecule has 3 aromatic heterocycles. The molecule has 0 radical (unpaired) electrons. The Kier molecular flexibility index (Phi) is 6.46. The largest absolute Gasteiger partial charge is 0.497 e. The fourth-order valence-corrected chi connectivity index (χ4v) is 4.87. The predicted molar refractivity (Wildman–Crippen MR) is 122 cm³/mol. The lowest BCUT2D eigenvalue weighted by molar-refractivity contribution is -0.113. The Morgan fingerprint density at radius 1 is 1.20 bits per heavy atom. The molecule has 30 heavy (non-hydrogen) atoms. The summed E-state index contributed by atoms with van der Waals surface area (Å²) in [6, 6.07) is 11.8. The first-order chi connectivity index (χ1) is 14.6. The van der Waals surface area contributed by atoms with Crippen LogP contribution in [0.25, 0.3) is 11.3 Å². The summed E-state index contributed by atoms with van der Waals surface area (Å²) in [6.45, 7) is 0. The number of benzene rings is 1. The molecule has 1 N–H and O–H groups in total. The van der Waals surface area contributed by atoms with Gasteiger partial charge in [-0.15, -0.1) is 32.9 Å². The van der Waals surface area contributed by atoms with Gasteiger partial charge >= 0.3 is 0 Å². The summed E-state index contributed by atoms with van der Waals surface area (Å²) in [7, 11) is 3.56. The molecule has 0 spiro atoms. The second kappa shape index (κ2) is 9.41. The molecule has 10 heteroatoms. The minimum atomic E-state index is -0.126. The fraction of sp³-hybridized carbons (Fsp3) is 0.200. The minimum Gasteiger partial charge on any atom is -0.497 e. The van der Waals surface area contributed by atoms with E-state index in [0.29, 0.717) is 5.13 Å². The van der Waals surface area contributed by atoms with Crippen LogP contribution in [0.4, 0.5) is 5.13 Å². The summed E-state index contributed by atoms with van der Waals surface area (Å²) < 4.78 is 7.11. The molecule has 0 saturated heterocycles. The average Bonchev–Trinajstić information content (AvgIpc) is 3.51. The summed E-state index contributed by atoms with van der Waals surface area (Å²) in [5.74, 6) is 1.78. The molecule has 0 saturated carbocycles. The smallest absolute Gasteiger partial charge is 0.236 e. The number of anilines is 1. The zero-order valence-corrected chi connectivity index (χ0v) is 18.8. The van der Waals surface area contributed by atoms with Crippen molar-refractivity contribution in [3.05, 3.63) is 57.9 Å². The molecule has 4 aromatic rings. The Hall–Kier alpha value is -2.69. The van der Waals surface area contributed by atoms with E-state index < -0.39 is 0 Å². The van der Waals surface area contributed by atoms with E-state index in [4.69, 9.17) is 4.74 Å². The van der Waals surface area contributed by atoms with Gasteiger partial charge in [-0.1, -0.05) is 17.8 Å². The number of thiazole rings is 1.